The third-order valence-corrected chi connectivity index (χ3v) is 3.19. The molecule has 0 radical (unpaired) electrons. The predicted octanol–water partition coefficient (Wildman–Crippen LogP) is 4.54. The summed E-state index contributed by atoms with van der Waals surface area (Å²) < 4.78 is 0. The van der Waals surface area contributed by atoms with Gasteiger partial charge >= 0.3 is 0 Å². The highest BCUT2D eigenvalue weighted by Crippen LogP contribution is 2.07. The molecule has 0 heterocycles. The zero-order valence-electron chi connectivity index (χ0n) is 13.6. The van der Waals surface area contributed by atoms with Crippen LogP contribution in [0, 0.1) is 0 Å². The van der Waals surface area contributed by atoms with Gasteiger partial charge < -0.3 is 4.90 Å². The first-order valence-corrected chi connectivity index (χ1v) is 7.49. The number of benzene rings is 2. The number of halogens is 1. The molecule has 4 heteroatoms. The first-order valence-electron chi connectivity index (χ1n) is 7.49. The van der Waals surface area contributed by atoms with E-state index in [2.05, 4.69) is 53.8 Å². The summed E-state index contributed by atoms with van der Waals surface area (Å²) in [5, 5.41) is 4.53. The lowest BCUT2D eigenvalue weighted by atomic mass is 10.1. The van der Waals surface area contributed by atoms with Crippen molar-refractivity contribution in [2.75, 3.05) is 26.1 Å². The Kier molecular flexibility index (Phi) is 8.73. The lowest BCUT2D eigenvalue weighted by Crippen LogP contribution is -2.16. The van der Waals surface area contributed by atoms with Gasteiger partial charge in [0.25, 0.3) is 0 Å². The van der Waals surface area contributed by atoms with Crippen molar-refractivity contribution in [3.8, 4) is 0 Å². The Bertz CT molecular complexity index is 607. The van der Waals surface area contributed by atoms with Crippen LogP contribution in [0.25, 0.3) is 6.08 Å². The Hall–Kier alpha value is -2.10. The summed E-state index contributed by atoms with van der Waals surface area (Å²) in [6, 6.07) is 20.3. The van der Waals surface area contributed by atoms with Crippen LogP contribution in [0.3, 0.4) is 0 Å². The number of hydrogen-bond donors (Lipinski definition) is 1. The topological polar surface area (TPSA) is 27.6 Å². The Labute approximate surface area is 145 Å². The van der Waals surface area contributed by atoms with E-state index in [1.807, 2.05) is 48.5 Å². The standard InChI is InChI=1S/C19H23N3.ClH/c1-22(2)16-15-19(14-13-17-9-5-3-6-10-17)21-20-18-11-7-4-8-12-18;/h3-14,20H,15-16H2,1-2H3;1H/b14-13+,21-19-;. The summed E-state index contributed by atoms with van der Waals surface area (Å²) in [4.78, 5) is 2.16. The van der Waals surface area contributed by atoms with E-state index in [1.54, 1.807) is 0 Å². The van der Waals surface area contributed by atoms with Crippen molar-refractivity contribution >= 4 is 29.9 Å². The fourth-order valence-corrected chi connectivity index (χ4v) is 1.92. The lowest BCUT2D eigenvalue weighted by molar-refractivity contribution is 0.422. The molecule has 0 aliphatic heterocycles. The largest absolute Gasteiger partial charge is 0.309 e. The van der Waals surface area contributed by atoms with E-state index in [9.17, 15) is 0 Å². The minimum Gasteiger partial charge on any atom is -0.309 e. The molecule has 3 nitrogen and oxygen atoms in total. The smallest absolute Gasteiger partial charge is 0.0620 e. The lowest BCUT2D eigenvalue weighted by Gasteiger charge is -2.09. The van der Waals surface area contributed by atoms with Gasteiger partial charge in [0.15, 0.2) is 0 Å². The van der Waals surface area contributed by atoms with Crippen molar-refractivity contribution in [3.05, 3.63) is 72.3 Å². The van der Waals surface area contributed by atoms with E-state index >= 15 is 0 Å². The highest BCUT2D eigenvalue weighted by molar-refractivity contribution is 5.98. The maximum absolute atomic E-state index is 4.53. The number of nitrogens with one attached hydrogen (secondary N) is 1. The van der Waals surface area contributed by atoms with Crippen molar-refractivity contribution in [2.24, 2.45) is 5.10 Å². The molecule has 0 spiro atoms. The molecular weight excluding hydrogens is 306 g/mol. The van der Waals surface area contributed by atoms with E-state index in [0.29, 0.717) is 0 Å². The zero-order chi connectivity index (χ0) is 15.6. The van der Waals surface area contributed by atoms with Gasteiger partial charge in [0, 0.05) is 13.0 Å². The average Bonchev–Trinajstić information content (AvgIpc) is 2.56. The molecule has 2 aromatic carbocycles. The summed E-state index contributed by atoms with van der Waals surface area (Å²) in [5.41, 5.74) is 6.33. The monoisotopic (exact) mass is 329 g/mol. The molecule has 2 aromatic rings. The van der Waals surface area contributed by atoms with Gasteiger partial charge in [-0.2, -0.15) is 5.10 Å². The predicted molar refractivity (Wildman–Crippen MR) is 103 cm³/mol. The number of rotatable bonds is 7. The molecule has 0 saturated carbocycles. The van der Waals surface area contributed by atoms with Crippen LogP contribution in [0.4, 0.5) is 5.69 Å². The molecule has 1 N–H and O–H groups in total. The van der Waals surface area contributed by atoms with E-state index in [0.717, 1.165) is 24.4 Å². The molecule has 0 unspecified atom stereocenters. The molecule has 0 saturated heterocycles. The second-order valence-corrected chi connectivity index (χ2v) is 5.38. The number of para-hydroxylation sites is 1. The van der Waals surface area contributed by atoms with Crippen LogP contribution in [0.5, 0.6) is 0 Å². The van der Waals surface area contributed by atoms with Crippen LogP contribution in [-0.2, 0) is 0 Å². The van der Waals surface area contributed by atoms with Gasteiger partial charge in [0.05, 0.1) is 11.4 Å². The molecule has 0 aliphatic rings. The molecule has 0 fully saturated rings. The minimum atomic E-state index is 0. The Morgan fingerprint density at radius 3 is 2.22 bits per heavy atom. The van der Waals surface area contributed by atoms with E-state index in [-0.39, 0.29) is 12.4 Å². The number of anilines is 1. The van der Waals surface area contributed by atoms with Crippen molar-refractivity contribution in [1.82, 2.24) is 4.90 Å². The highest BCUT2D eigenvalue weighted by Gasteiger charge is 1.98. The van der Waals surface area contributed by atoms with E-state index < -0.39 is 0 Å². The Balaban J connectivity index is 0.00000264. The van der Waals surface area contributed by atoms with Gasteiger partial charge in [-0.15, -0.1) is 12.4 Å². The van der Waals surface area contributed by atoms with Crippen LogP contribution in [0.15, 0.2) is 71.8 Å². The second kappa shape index (κ2) is 10.6. The minimum absolute atomic E-state index is 0. The summed E-state index contributed by atoms with van der Waals surface area (Å²) in [6.45, 7) is 0.967. The average molecular weight is 330 g/mol. The van der Waals surface area contributed by atoms with Gasteiger partial charge in [-0.3, -0.25) is 5.43 Å². The van der Waals surface area contributed by atoms with Crippen molar-refractivity contribution in [1.29, 1.82) is 0 Å². The quantitative estimate of drug-likeness (QED) is 0.596. The summed E-state index contributed by atoms with van der Waals surface area (Å²) in [5.74, 6) is 0. The van der Waals surface area contributed by atoms with Gasteiger partial charge in [0.2, 0.25) is 0 Å². The van der Waals surface area contributed by atoms with Gasteiger partial charge in [-0.05, 0) is 37.9 Å². The molecule has 0 bridgehead atoms. The van der Waals surface area contributed by atoms with Gasteiger partial charge in [-0.25, -0.2) is 0 Å². The number of nitrogens with zero attached hydrogens (tertiary/aromatic N) is 2. The molecule has 0 aliphatic carbocycles. The molecule has 0 amide bonds. The first kappa shape index (κ1) is 18.9. The maximum atomic E-state index is 4.53. The van der Waals surface area contributed by atoms with Crippen LogP contribution in [0.2, 0.25) is 0 Å². The Morgan fingerprint density at radius 2 is 1.61 bits per heavy atom. The van der Waals surface area contributed by atoms with Crippen molar-refractivity contribution in [2.45, 2.75) is 6.42 Å². The molecule has 0 aromatic heterocycles. The first-order chi connectivity index (χ1) is 10.7. The Morgan fingerprint density at radius 1 is 1.00 bits per heavy atom. The van der Waals surface area contributed by atoms with Crippen molar-refractivity contribution < 1.29 is 0 Å². The summed E-state index contributed by atoms with van der Waals surface area (Å²) in [6.07, 6.45) is 5.08. The molecular formula is C19H24ClN3. The molecule has 0 atom stereocenters. The molecule has 122 valence electrons. The third-order valence-electron chi connectivity index (χ3n) is 3.19. The number of hydrogen-bond acceptors (Lipinski definition) is 3. The van der Waals surface area contributed by atoms with Gasteiger partial charge in [0.1, 0.15) is 0 Å². The van der Waals surface area contributed by atoms with E-state index in [4.69, 9.17) is 0 Å². The van der Waals surface area contributed by atoms with Crippen LogP contribution in [0.1, 0.15) is 12.0 Å². The third kappa shape index (κ3) is 7.63. The summed E-state index contributed by atoms with van der Waals surface area (Å²) >= 11 is 0. The van der Waals surface area contributed by atoms with Crippen LogP contribution in [-0.4, -0.2) is 31.3 Å². The number of allylic oxidation sites excluding steroid dienone is 1. The fourth-order valence-electron chi connectivity index (χ4n) is 1.92. The fraction of sp³-hybridized carbons (Fsp3) is 0.211. The van der Waals surface area contributed by atoms with Crippen molar-refractivity contribution in [3.63, 3.8) is 0 Å². The maximum Gasteiger partial charge on any atom is 0.0620 e. The highest BCUT2D eigenvalue weighted by atomic mass is 35.5. The van der Waals surface area contributed by atoms with Crippen LogP contribution < -0.4 is 5.43 Å². The van der Waals surface area contributed by atoms with Crippen LogP contribution >= 0.6 is 12.4 Å². The van der Waals surface area contributed by atoms with E-state index in [1.165, 1.54) is 5.56 Å². The number of hydrazone groups is 1. The second-order valence-electron chi connectivity index (χ2n) is 5.38. The zero-order valence-corrected chi connectivity index (χ0v) is 14.5. The molecule has 23 heavy (non-hydrogen) atoms. The SMILES string of the molecule is CN(C)CCC(/C=C/c1ccccc1)=N\Nc1ccccc1.Cl. The summed E-state index contributed by atoms with van der Waals surface area (Å²) in [7, 11) is 4.15. The molecule has 2 rings (SSSR count). The normalized spacial score (nSPS) is 11.5. The van der Waals surface area contributed by atoms with Gasteiger partial charge in [-0.1, -0.05) is 54.6 Å².